The lowest BCUT2D eigenvalue weighted by molar-refractivity contribution is 0.346. The number of hydrogen-bond acceptors (Lipinski definition) is 4. The van der Waals surface area contributed by atoms with Crippen LogP contribution >= 0.6 is 11.6 Å². The quantitative estimate of drug-likeness (QED) is 0.778. The van der Waals surface area contributed by atoms with Crippen molar-refractivity contribution in [1.82, 2.24) is 9.03 Å². The summed E-state index contributed by atoms with van der Waals surface area (Å²) < 4.78 is 52.1. The van der Waals surface area contributed by atoms with Crippen LogP contribution in [0.5, 0.6) is 0 Å². The Kier molecular flexibility index (Phi) is 6.44. The van der Waals surface area contributed by atoms with Crippen LogP contribution < -0.4 is 4.72 Å². The Bertz CT molecular complexity index is 712. The SMILES string of the molecule is O=S(=O)(Cc1ccc(Cl)cc1)NCCS(=O)(=O)N1CCCCC1. The van der Waals surface area contributed by atoms with Crippen molar-refractivity contribution < 1.29 is 16.8 Å². The van der Waals surface area contributed by atoms with E-state index in [0.29, 0.717) is 23.7 Å². The third-order valence-corrected chi connectivity index (χ3v) is 7.14. The van der Waals surface area contributed by atoms with E-state index in [9.17, 15) is 16.8 Å². The molecule has 2 rings (SSSR count). The minimum Gasteiger partial charge on any atom is -0.214 e. The van der Waals surface area contributed by atoms with E-state index in [1.54, 1.807) is 24.3 Å². The lowest BCUT2D eigenvalue weighted by atomic mass is 10.2. The molecule has 1 aromatic carbocycles. The summed E-state index contributed by atoms with van der Waals surface area (Å²) in [5.74, 6) is -0.416. The van der Waals surface area contributed by atoms with Crippen LogP contribution in [-0.2, 0) is 25.8 Å². The van der Waals surface area contributed by atoms with Gasteiger partial charge in [0, 0.05) is 24.7 Å². The van der Waals surface area contributed by atoms with E-state index in [-0.39, 0.29) is 18.1 Å². The van der Waals surface area contributed by atoms with Gasteiger partial charge in [-0.3, -0.25) is 0 Å². The Morgan fingerprint density at radius 1 is 1.00 bits per heavy atom. The molecule has 0 saturated carbocycles. The molecule has 1 heterocycles. The molecule has 0 radical (unpaired) electrons. The number of hydrogen-bond donors (Lipinski definition) is 1. The van der Waals surface area contributed by atoms with Crippen LogP contribution in [0.4, 0.5) is 0 Å². The first-order valence-corrected chi connectivity index (χ1v) is 11.1. The zero-order valence-electron chi connectivity index (χ0n) is 12.7. The molecule has 1 N–H and O–H groups in total. The third-order valence-electron chi connectivity index (χ3n) is 3.66. The first-order chi connectivity index (χ1) is 10.8. The topological polar surface area (TPSA) is 83.5 Å². The second kappa shape index (κ2) is 7.94. The Balaban J connectivity index is 1.85. The van der Waals surface area contributed by atoms with Gasteiger partial charge in [0.1, 0.15) is 0 Å². The normalized spacial score (nSPS) is 17.3. The number of piperidine rings is 1. The lowest BCUT2D eigenvalue weighted by Crippen LogP contribution is -2.40. The standard InChI is InChI=1S/C14H21ClN2O4S2/c15-14-6-4-13(5-7-14)12-22(18,19)16-8-11-23(20,21)17-9-2-1-3-10-17/h4-7,16H,1-3,8-12H2. The summed E-state index contributed by atoms with van der Waals surface area (Å²) in [6, 6.07) is 6.50. The van der Waals surface area contributed by atoms with Crippen molar-refractivity contribution >= 4 is 31.6 Å². The molecule has 0 aliphatic carbocycles. The van der Waals surface area contributed by atoms with Gasteiger partial charge in [-0.15, -0.1) is 0 Å². The summed E-state index contributed by atoms with van der Waals surface area (Å²) in [6.45, 7) is 0.939. The number of sulfonamides is 2. The van der Waals surface area contributed by atoms with Crippen molar-refractivity contribution in [2.75, 3.05) is 25.4 Å². The Morgan fingerprint density at radius 3 is 2.22 bits per heavy atom. The lowest BCUT2D eigenvalue weighted by Gasteiger charge is -2.25. The van der Waals surface area contributed by atoms with Gasteiger partial charge in [0.05, 0.1) is 11.5 Å². The molecule has 9 heteroatoms. The number of benzene rings is 1. The molecular formula is C14H21ClN2O4S2. The number of nitrogens with zero attached hydrogens (tertiary/aromatic N) is 1. The predicted molar refractivity (Wildman–Crippen MR) is 91.3 cm³/mol. The molecular weight excluding hydrogens is 360 g/mol. The zero-order valence-corrected chi connectivity index (χ0v) is 15.1. The van der Waals surface area contributed by atoms with Crippen molar-refractivity contribution in [2.24, 2.45) is 0 Å². The number of halogens is 1. The first-order valence-electron chi connectivity index (χ1n) is 7.48. The van der Waals surface area contributed by atoms with Gasteiger partial charge in [-0.05, 0) is 30.5 Å². The largest absolute Gasteiger partial charge is 0.215 e. The average Bonchev–Trinajstić information content (AvgIpc) is 2.50. The monoisotopic (exact) mass is 380 g/mol. The van der Waals surface area contributed by atoms with E-state index in [1.165, 1.54) is 4.31 Å². The Morgan fingerprint density at radius 2 is 1.61 bits per heavy atom. The van der Waals surface area contributed by atoms with E-state index in [0.717, 1.165) is 19.3 Å². The van der Waals surface area contributed by atoms with E-state index in [4.69, 9.17) is 11.6 Å². The molecule has 1 aromatic rings. The Labute approximate surface area is 142 Å². The van der Waals surface area contributed by atoms with E-state index in [2.05, 4.69) is 4.72 Å². The maximum absolute atomic E-state index is 12.1. The number of nitrogens with one attached hydrogen (secondary N) is 1. The molecule has 1 fully saturated rings. The molecule has 23 heavy (non-hydrogen) atoms. The highest BCUT2D eigenvalue weighted by atomic mass is 35.5. The van der Waals surface area contributed by atoms with Crippen molar-refractivity contribution in [3.63, 3.8) is 0 Å². The molecule has 0 aromatic heterocycles. The molecule has 0 bridgehead atoms. The van der Waals surface area contributed by atoms with Crippen molar-refractivity contribution in [1.29, 1.82) is 0 Å². The maximum Gasteiger partial charge on any atom is 0.215 e. The summed E-state index contributed by atoms with van der Waals surface area (Å²) in [7, 11) is -6.97. The van der Waals surface area contributed by atoms with E-state index < -0.39 is 20.0 Å². The Hall–Kier alpha value is -0.670. The highest BCUT2D eigenvalue weighted by molar-refractivity contribution is 7.89. The predicted octanol–water partition coefficient (Wildman–Crippen LogP) is 1.58. The van der Waals surface area contributed by atoms with Crippen LogP contribution in [0.1, 0.15) is 24.8 Å². The first kappa shape index (κ1) is 18.7. The second-order valence-electron chi connectivity index (χ2n) is 5.56. The van der Waals surface area contributed by atoms with Gasteiger partial charge in [-0.1, -0.05) is 30.2 Å². The molecule has 130 valence electrons. The molecule has 1 aliphatic heterocycles. The summed E-state index contributed by atoms with van der Waals surface area (Å²) in [6.07, 6.45) is 2.77. The maximum atomic E-state index is 12.1. The van der Waals surface area contributed by atoms with Crippen LogP contribution in [0.2, 0.25) is 5.02 Å². The zero-order chi connectivity index (χ0) is 16.9. The van der Waals surface area contributed by atoms with Crippen LogP contribution in [0, 0.1) is 0 Å². The molecule has 0 unspecified atom stereocenters. The van der Waals surface area contributed by atoms with Gasteiger partial charge >= 0.3 is 0 Å². The van der Waals surface area contributed by atoms with E-state index in [1.807, 2.05) is 0 Å². The molecule has 6 nitrogen and oxygen atoms in total. The highest BCUT2D eigenvalue weighted by Crippen LogP contribution is 2.14. The van der Waals surface area contributed by atoms with Gasteiger partial charge in [0.15, 0.2) is 0 Å². The van der Waals surface area contributed by atoms with E-state index >= 15 is 0 Å². The van der Waals surface area contributed by atoms with Gasteiger partial charge < -0.3 is 0 Å². The summed E-state index contributed by atoms with van der Waals surface area (Å²) in [5, 5.41) is 0.534. The fourth-order valence-corrected chi connectivity index (χ4v) is 5.28. The van der Waals surface area contributed by atoms with Gasteiger partial charge in [0.2, 0.25) is 20.0 Å². The van der Waals surface area contributed by atoms with Crippen LogP contribution in [-0.4, -0.2) is 46.5 Å². The minimum atomic E-state index is -3.58. The summed E-state index contributed by atoms with van der Waals surface area (Å²) in [5.41, 5.74) is 0.598. The molecule has 1 saturated heterocycles. The van der Waals surface area contributed by atoms with Crippen molar-refractivity contribution in [3.8, 4) is 0 Å². The average molecular weight is 381 g/mol. The fraction of sp³-hybridized carbons (Fsp3) is 0.571. The molecule has 0 spiro atoms. The van der Waals surface area contributed by atoms with Gasteiger partial charge in [-0.25, -0.2) is 25.9 Å². The minimum absolute atomic E-state index is 0.116. The smallest absolute Gasteiger partial charge is 0.214 e. The fourth-order valence-electron chi connectivity index (χ4n) is 2.45. The van der Waals surface area contributed by atoms with Crippen LogP contribution in [0.3, 0.4) is 0 Å². The number of rotatable bonds is 7. The highest BCUT2D eigenvalue weighted by Gasteiger charge is 2.24. The van der Waals surface area contributed by atoms with Gasteiger partial charge in [0.25, 0.3) is 0 Å². The van der Waals surface area contributed by atoms with Crippen LogP contribution in [0.15, 0.2) is 24.3 Å². The second-order valence-corrected chi connectivity index (χ2v) is 9.89. The summed E-state index contributed by atoms with van der Waals surface area (Å²) in [4.78, 5) is 0. The molecule has 0 atom stereocenters. The van der Waals surface area contributed by atoms with Gasteiger partial charge in [-0.2, -0.15) is 0 Å². The van der Waals surface area contributed by atoms with Crippen molar-refractivity contribution in [3.05, 3.63) is 34.9 Å². The summed E-state index contributed by atoms with van der Waals surface area (Å²) >= 11 is 5.75. The molecule has 0 amide bonds. The van der Waals surface area contributed by atoms with Crippen LogP contribution in [0.25, 0.3) is 0 Å². The van der Waals surface area contributed by atoms with Crippen molar-refractivity contribution in [2.45, 2.75) is 25.0 Å². The molecule has 1 aliphatic rings. The third kappa shape index (κ3) is 6.04.